The Morgan fingerprint density at radius 1 is 0.952 bits per heavy atom. The molecule has 0 saturated carbocycles. The number of carbonyl (C=O) groups excluding carboxylic acids is 2. The monoisotopic (exact) mass is 643 g/mol. The lowest BCUT2D eigenvalue weighted by molar-refractivity contribution is -0.139. The van der Waals surface area contributed by atoms with Crippen molar-refractivity contribution in [3.8, 4) is 0 Å². The van der Waals surface area contributed by atoms with E-state index in [2.05, 4.69) is 5.32 Å². The maximum atomic E-state index is 13.9. The number of carbonyl (C=O) groups is 2. The van der Waals surface area contributed by atoms with Crippen LogP contribution in [0.5, 0.6) is 0 Å². The lowest BCUT2D eigenvalue weighted by Gasteiger charge is -2.32. The fourth-order valence-electron chi connectivity index (χ4n) is 4.06. The minimum atomic E-state index is -4.89. The van der Waals surface area contributed by atoms with Crippen LogP contribution in [0.15, 0.2) is 77.7 Å². The molecule has 7 nitrogen and oxygen atoms in total. The van der Waals surface area contributed by atoms with E-state index >= 15 is 0 Å². The molecule has 3 rings (SSSR count). The summed E-state index contributed by atoms with van der Waals surface area (Å²) in [4.78, 5) is 27.8. The van der Waals surface area contributed by atoms with Gasteiger partial charge in [0.1, 0.15) is 12.6 Å². The number of hydrogen-bond donors (Lipinski definition) is 1. The number of nitrogens with one attached hydrogen (secondary N) is 1. The third-order valence-corrected chi connectivity index (χ3v) is 8.94. The quantitative estimate of drug-likeness (QED) is 0.227. The summed E-state index contributed by atoms with van der Waals surface area (Å²) in [5.41, 5.74) is -1.20. The van der Waals surface area contributed by atoms with Gasteiger partial charge >= 0.3 is 6.18 Å². The van der Waals surface area contributed by atoms with Crippen molar-refractivity contribution >= 4 is 50.7 Å². The van der Waals surface area contributed by atoms with Crippen LogP contribution in [0, 0.1) is 0 Å². The Labute approximate surface area is 253 Å². The van der Waals surface area contributed by atoms with Crippen LogP contribution in [0.25, 0.3) is 0 Å². The number of alkyl halides is 3. The number of sulfonamides is 1. The SMILES string of the molecule is CCCCNC(=O)[C@@H](C)N(Cc1ccccc1Cl)C(=O)CN(c1ccc(Cl)c(C(F)(F)F)c1)S(=O)(=O)c1ccccc1. The average Bonchev–Trinajstić information content (AvgIpc) is 2.95. The standard InChI is InChI=1S/C29H30Cl2F3N3O4S/c1-3-4-16-35-28(39)20(2)36(18-21-10-8-9-13-25(21)30)27(38)19-37(42(40,41)23-11-6-5-7-12-23)22-14-15-26(31)24(17-22)29(32,33)34/h5-15,17,20H,3-4,16,18-19H2,1-2H3,(H,35,39)/t20-/m1/s1. The number of rotatable bonds is 12. The molecule has 0 unspecified atom stereocenters. The molecule has 0 radical (unpaired) electrons. The van der Waals surface area contributed by atoms with Gasteiger partial charge in [-0.3, -0.25) is 13.9 Å². The highest BCUT2D eigenvalue weighted by Crippen LogP contribution is 2.38. The normalized spacial score (nSPS) is 12.5. The second-order valence-electron chi connectivity index (χ2n) is 9.42. The van der Waals surface area contributed by atoms with Gasteiger partial charge in [-0.05, 0) is 55.3 Å². The number of benzene rings is 3. The van der Waals surface area contributed by atoms with Gasteiger partial charge in [0.05, 0.1) is 21.2 Å². The zero-order valence-corrected chi connectivity index (χ0v) is 25.2. The number of nitrogens with zero attached hydrogens (tertiary/aromatic N) is 2. The van der Waals surface area contributed by atoms with Crippen molar-refractivity contribution in [3.63, 3.8) is 0 Å². The molecule has 0 aliphatic carbocycles. The second-order valence-corrected chi connectivity index (χ2v) is 12.1. The van der Waals surface area contributed by atoms with E-state index in [1.165, 1.54) is 31.2 Å². The molecule has 0 spiro atoms. The molecule has 0 bridgehead atoms. The van der Waals surface area contributed by atoms with Gasteiger partial charge in [-0.1, -0.05) is 72.9 Å². The maximum Gasteiger partial charge on any atom is 0.417 e. The lowest BCUT2D eigenvalue weighted by Crippen LogP contribution is -2.51. The number of hydrogen-bond acceptors (Lipinski definition) is 4. The number of unbranched alkanes of at least 4 members (excludes halogenated alkanes) is 1. The Morgan fingerprint density at radius 3 is 2.21 bits per heavy atom. The van der Waals surface area contributed by atoms with Crippen molar-refractivity contribution in [2.45, 2.75) is 50.3 Å². The zero-order chi connectivity index (χ0) is 31.1. The second kappa shape index (κ2) is 14.3. The van der Waals surface area contributed by atoms with Crippen molar-refractivity contribution < 1.29 is 31.2 Å². The van der Waals surface area contributed by atoms with E-state index in [0.717, 1.165) is 23.5 Å². The highest BCUT2D eigenvalue weighted by molar-refractivity contribution is 7.92. The predicted octanol–water partition coefficient (Wildman–Crippen LogP) is 6.54. The molecule has 13 heteroatoms. The molecular weight excluding hydrogens is 614 g/mol. The Morgan fingerprint density at radius 2 is 1.60 bits per heavy atom. The molecule has 0 saturated heterocycles. The molecule has 1 atom stereocenters. The third kappa shape index (κ3) is 8.17. The Bertz CT molecular complexity index is 1510. The summed E-state index contributed by atoms with van der Waals surface area (Å²) >= 11 is 12.1. The summed E-state index contributed by atoms with van der Waals surface area (Å²) in [5, 5.41) is 2.44. The van der Waals surface area contributed by atoms with E-state index < -0.39 is 56.9 Å². The third-order valence-electron chi connectivity index (χ3n) is 6.45. The highest BCUT2D eigenvalue weighted by Gasteiger charge is 2.37. The first kappa shape index (κ1) is 33.2. The van der Waals surface area contributed by atoms with Gasteiger partial charge in [-0.2, -0.15) is 13.2 Å². The van der Waals surface area contributed by atoms with Gasteiger partial charge in [0.2, 0.25) is 11.8 Å². The van der Waals surface area contributed by atoms with E-state index in [0.29, 0.717) is 33.9 Å². The van der Waals surface area contributed by atoms with Crippen LogP contribution in [-0.4, -0.2) is 44.3 Å². The van der Waals surface area contributed by atoms with E-state index in [9.17, 15) is 31.2 Å². The van der Waals surface area contributed by atoms with Gasteiger partial charge < -0.3 is 10.2 Å². The zero-order valence-electron chi connectivity index (χ0n) is 22.9. The van der Waals surface area contributed by atoms with Crippen LogP contribution < -0.4 is 9.62 Å². The van der Waals surface area contributed by atoms with Crippen molar-refractivity contribution in [1.82, 2.24) is 10.2 Å². The van der Waals surface area contributed by atoms with Gasteiger partial charge in [-0.25, -0.2) is 8.42 Å². The first-order chi connectivity index (χ1) is 19.8. The molecule has 3 aromatic carbocycles. The van der Waals surface area contributed by atoms with Gasteiger partial charge in [0.25, 0.3) is 10.0 Å². The molecule has 0 fully saturated rings. The van der Waals surface area contributed by atoms with Crippen molar-refractivity contribution in [2.24, 2.45) is 0 Å². The molecule has 0 aliphatic rings. The van der Waals surface area contributed by atoms with E-state index in [1.54, 1.807) is 30.3 Å². The topological polar surface area (TPSA) is 86.8 Å². The molecule has 3 aromatic rings. The van der Waals surface area contributed by atoms with Gasteiger partial charge in [-0.15, -0.1) is 0 Å². The number of halogens is 5. The first-order valence-corrected chi connectivity index (χ1v) is 15.2. The van der Waals surface area contributed by atoms with Crippen molar-refractivity contribution in [1.29, 1.82) is 0 Å². The van der Waals surface area contributed by atoms with Crippen LogP contribution in [0.2, 0.25) is 10.0 Å². The predicted molar refractivity (Wildman–Crippen MR) is 157 cm³/mol. The Balaban J connectivity index is 2.09. The van der Waals surface area contributed by atoms with Crippen molar-refractivity contribution in [2.75, 3.05) is 17.4 Å². The minimum Gasteiger partial charge on any atom is -0.354 e. The summed E-state index contributed by atoms with van der Waals surface area (Å²) in [5.74, 6) is -1.32. The smallest absolute Gasteiger partial charge is 0.354 e. The summed E-state index contributed by atoms with van der Waals surface area (Å²) in [6.07, 6.45) is -3.36. The molecule has 0 heterocycles. The highest BCUT2D eigenvalue weighted by atomic mass is 35.5. The maximum absolute atomic E-state index is 13.9. The van der Waals surface area contributed by atoms with Crippen LogP contribution in [0.1, 0.15) is 37.8 Å². The minimum absolute atomic E-state index is 0.158. The van der Waals surface area contributed by atoms with E-state index in [4.69, 9.17) is 23.2 Å². The Hall–Kier alpha value is -3.28. The van der Waals surface area contributed by atoms with Crippen LogP contribution in [0.4, 0.5) is 18.9 Å². The van der Waals surface area contributed by atoms with Gasteiger partial charge in [0, 0.05) is 18.1 Å². The summed E-state index contributed by atoms with van der Waals surface area (Å²) in [7, 11) is -4.55. The molecular formula is C29H30Cl2F3N3O4S. The molecule has 0 aromatic heterocycles. The van der Waals surface area contributed by atoms with Crippen LogP contribution >= 0.6 is 23.2 Å². The fourth-order valence-corrected chi connectivity index (χ4v) is 5.91. The summed E-state index contributed by atoms with van der Waals surface area (Å²) < 4.78 is 69.3. The van der Waals surface area contributed by atoms with Gasteiger partial charge in [0.15, 0.2) is 0 Å². The fraction of sp³-hybridized carbons (Fsp3) is 0.310. The largest absolute Gasteiger partial charge is 0.417 e. The molecule has 226 valence electrons. The van der Waals surface area contributed by atoms with E-state index in [-0.39, 0.29) is 11.4 Å². The lowest BCUT2D eigenvalue weighted by atomic mass is 10.1. The number of amides is 2. The van der Waals surface area contributed by atoms with Crippen LogP contribution in [-0.2, 0) is 32.3 Å². The molecule has 42 heavy (non-hydrogen) atoms. The first-order valence-electron chi connectivity index (χ1n) is 13.0. The molecule has 1 N–H and O–H groups in total. The number of anilines is 1. The molecule has 2 amide bonds. The summed E-state index contributed by atoms with van der Waals surface area (Å²) in [6, 6.07) is 15.1. The average molecular weight is 645 g/mol. The molecule has 0 aliphatic heterocycles. The van der Waals surface area contributed by atoms with Crippen molar-refractivity contribution in [3.05, 3.63) is 94.0 Å². The Kier molecular flexibility index (Phi) is 11.3. The van der Waals surface area contributed by atoms with Crippen LogP contribution in [0.3, 0.4) is 0 Å². The van der Waals surface area contributed by atoms with E-state index in [1.807, 2.05) is 6.92 Å². The summed E-state index contributed by atoms with van der Waals surface area (Å²) in [6.45, 7) is 2.73.